The van der Waals surface area contributed by atoms with Gasteiger partial charge in [-0.2, -0.15) is 0 Å². The molecule has 1 amide bonds. The Bertz CT molecular complexity index is 358. The topological polar surface area (TPSA) is 42.4 Å². The fourth-order valence-corrected chi connectivity index (χ4v) is 1.86. The number of carbonyl (C=O) groups is 1. The van der Waals surface area contributed by atoms with E-state index in [1.165, 1.54) is 0 Å². The molecule has 1 aromatic rings. The summed E-state index contributed by atoms with van der Waals surface area (Å²) in [5.41, 5.74) is 0.658. The highest BCUT2D eigenvalue weighted by Crippen LogP contribution is 2.10. The normalized spacial score (nSPS) is 20.8. The van der Waals surface area contributed by atoms with E-state index >= 15 is 0 Å². The zero-order valence-corrected chi connectivity index (χ0v) is 9.56. The van der Waals surface area contributed by atoms with E-state index in [9.17, 15) is 4.79 Å². The van der Waals surface area contributed by atoms with Crippen LogP contribution in [0, 0.1) is 0 Å². The maximum Gasteiger partial charge on any atom is 0.254 e. The number of hydrogen-bond donors (Lipinski definition) is 0. The maximum absolute atomic E-state index is 12.1. The van der Waals surface area contributed by atoms with Crippen molar-refractivity contribution < 1.29 is 9.53 Å². The van der Waals surface area contributed by atoms with Crippen molar-refractivity contribution in [1.82, 2.24) is 9.88 Å². The highest BCUT2D eigenvalue weighted by molar-refractivity contribution is 6.18. The van der Waals surface area contributed by atoms with Crippen LogP contribution in [0.1, 0.15) is 10.4 Å². The van der Waals surface area contributed by atoms with Crippen LogP contribution in [0.5, 0.6) is 0 Å². The van der Waals surface area contributed by atoms with Gasteiger partial charge < -0.3 is 9.64 Å². The summed E-state index contributed by atoms with van der Waals surface area (Å²) in [5, 5.41) is 0. The quantitative estimate of drug-likeness (QED) is 0.729. The van der Waals surface area contributed by atoms with Crippen molar-refractivity contribution in [2.24, 2.45) is 0 Å². The Morgan fingerprint density at radius 1 is 1.56 bits per heavy atom. The third-order valence-corrected chi connectivity index (χ3v) is 2.87. The lowest BCUT2D eigenvalue weighted by atomic mass is 10.2. The molecule has 1 fully saturated rings. The molecule has 0 aromatic carbocycles. The molecule has 0 radical (unpaired) electrons. The van der Waals surface area contributed by atoms with E-state index in [2.05, 4.69) is 4.98 Å². The van der Waals surface area contributed by atoms with E-state index in [1.807, 2.05) is 0 Å². The third-order valence-electron chi connectivity index (χ3n) is 2.53. The number of hydrogen-bond acceptors (Lipinski definition) is 3. The number of alkyl halides is 1. The van der Waals surface area contributed by atoms with Crippen molar-refractivity contribution >= 4 is 17.5 Å². The molecule has 1 aliphatic heterocycles. The second-order valence-corrected chi connectivity index (χ2v) is 3.94. The summed E-state index contributed by atoms with van der Waals surface area (Å²) >= 11 is 5.72. The van der Waals surface area contributed by atoms with Crippen LogP contribution < -0.4 is 0 Å². The fourth-order valence-electron chi connectivity index (χ4n) is 1.67. The van der Waals surface area contributed by atoms with Gasteiger partial charge in [0, 0.05) is 31.0 Å². The minimum absolute atomic E-state index is 0.0146. The standard InChI is InChI=1S/C11H13ClN2O2/c12-7-10-8-14(5-6-16-10)11(15)9-1-3-13-4-2-9/h1-4,10H,5-8H2. The second-order valence-electron chi connectivity index (χ2n) is 3.63. The minimum Gasteiger partial charge on any atom is -0.373 e. The Morgan fingerprint density at radius 2 is 2.31 bits per heavy atom. The van der Waals surface area contributed by atoms with E-state index in [0.29, 0.717) is 31.1 Å². The zero-order valence-electron chi connectivity index (χ0n) is 8.80. The van der Waals surface area contributed by atoms with Crippen molar-refractivity contribution in [3.8, 4) is 0 Å². The van der Waals surface area contributed by atoms with Gasteiger partial charge in [0.1, 0.15) is 0 Å². The van der Waals surface area contributed by atoms with Gasteiger partial charge in [-0.05, 0) is 12.1 Å². The first-order chi connectivity index (χ1) is 7.81. The lowest BCUT2D eigenvalue weighted by Crippen LogP contribution is -2.46. The summed E-state index contributed by atoms with van der Waals surface area (Å²) in [6.45, 7) is 1.73. The van der Waals surface area contributed by atoms with Crippen LogP contribution in [-0.4, -0.2) is 47.5 Å². The number of halogens is 1. The van der Waals surface area contributed by atoms with Gasteiger partial charge in [-0.3, -0.25) is 9.78 Å². The highest BCUT2D eigenvalue weighted by Gasteiger charge is 2.24. The summed E-state index contributed by atoms with van der Waals surface area (Å²) in [7, 11) is 0. The molecular weight excluding hydrogens is 228 g/mol. The summed E-state index contributed by atoms with van der Waals surface area (Å²) in [5.74, 6) is 0.431. The van der Waals surface area contributed by atoms with Crippen molar-refractivity contribution in [3.63, 3.8) is 0 Å². The number of amides is 1. The molecule has 0 bridgehead atoms. The number of carbonyl (C=O) groups excluding carboxylic acids is 1. The highest BCUT2D eigenvalue weighted by atomic mass is 35.5. The van der Waals surface area contributed by atoms with Gasteiger partial charge in [-0.25, -0.2) is 0 Å². The van der Waals surface area contributed by atoms with E-state index in [1.54, 1.807) is 29.4 Å². The lowest BCUT2D eigenvalue weighted by molar-refractivity contribution is -0.0108. The van der Waals surface area contributed by atoms with Gasteiger partial charge in [-0.1, -0.05) is 0 Å². The monoisotopic (exact) mass is 240 g/mol. The predicted molar refractivity (Wildman–Crippen MR) is 60.6 cm³/mol. The van der Waals surface area contributed by atoms with E-state index in [4.69, 9.17) is 16.3 Å². The Morgan fingerprint density at radius 3 is 3.00 bits per heavy atom. The Labute approximate surface area is 99.2 Å². The van der Waals surface area contributed by atoms with Gasteiger partial charge in [0.15, 0.2) is 0 Å². The van der Waals surface area contributed by atoms with E-state index in [0.717, 1.165) is 0 Å². The first-order valence-corrected chi connectivity index (χ1v) is 5.71. The molecule has 1 saturated heterocycles. The third kappa shape index (κ3) is 2.51. The molecule has 0 spiro atoms. The van der Waals surface area contributed by atoms with Crippen LogP contribution in [0.4, 0.5) is 0 Å². The molecule has 1 unspecified atom stereocenters. The molecule has 0 N–H and O–H groups in total. The molecule has 4 nitrogen and oxygen atoms in total. The number of rotatable bonds is 2. The molecule has 0 saturated carbocycles. The lowest BCUT2D eigenvalue weighted by Gasteiger charge is -2.32. The second kappa shape index (κ2) is 5.27. The molecule has 2 heterocycles. The van der Waals surface area contributed by atoms with Crippen molar-refractivity contribution in [1.29, 1.82) is 0 Å². The molecular formula is C11H13ClN2O2. The molecule has 1 aromatic heterocycles. The molecule has 1 aliphatic rings. The first kappa shape index (κ1) is 11.4. The molecule has 16 heavy (non-hydrogen) atoms. The molecule has 2 rings (SSSR count). The van der Waals surface area contributed by atoms with Gasteiger partial charge in [-0.15, -0.1) is 11.6 Å². The minimum atomic E-state index is -0.0544. The van der Waals surface area contributed by atoms with Gasteiger partial charge in [0.2, 0.25) is 0 Å². The maximum atomic E-state index is 12.1. The summed E-state index contributed by atoms with van der Waals surface area (Å²) in [6.07, 6.45) is 3.18. The number of nitrogens with zero attached hydrogens (tertiary/aromatic N) is 2. The van der Waals surface area contributed by atoms with E-state index < -0.39 is 0 Å². The average Bonchev–Trinajstić information content (AvgIpc) is 2.39. The van der Waals surface area contributed by atoms with Crippen LogP contribution in [-0.2, 0) is 4.74 Å². The van der Waals surface area contributed by atoms with E-state index in [-0.39, 0.29) is 12.0 Å². The summed E-state index contributed by atoms with van der Waals surface area (Å²) < 4.78 is 5.41. The van der Waals surface area contributed by atoms with Crippen molar-refractivity contribution in [2.75, 3.05) is 25.6 Å². The van der Waals surface area contributed by atoms with Crippen LogP contribution in [0.3, 0.4) is 0 Å². The largest absolute Gasteiger partial charge is 0.373 e. The predicted octanol–water partition coefficient (Wildman–Crippen LogP) is 1.16. The molecule has 86 valence electrons. The number of pyridine rings is 1. The Balaban J connectivity index is 2.05. The average molecular weight is 241 g/mol. The van der Waals surface area contributed by atoms with Gasteiger partial charge in [0.05, 0.1) is 18.6 Å². The molecule has 5 heteroatoms. The summed E-state index contributed by atoms with van der Waals surface area (Å²) in [4.78, 5) is 17.7. The van der Waals surface area contributed by atoms with Crippen LogP contribution >= 0.6 is 11.6 Å². The number of aromatic nitrogens is 1. The Hall–Kier alpha value is -1.13. The molecule has 0 aliphatic carbocycles. The summed E-state index contributed by atoms with van der Waals surface area (Å²) in [6, 6.07) is 3.43. The van der Waals surface area contributed by atoms with Crippen molar-refractivity contribution in [2.45, 2.75) is 6.10 Å². The number of ether oxygens (including phenoxy) is 1. The van der Waals surface area contributed by atoms with Crippen LogP contribution in [0.15, 0.2) is 24.5 Å². The zero-order chi connectivity index (χ0) is 11.4. The molecule has 1 atom stereocenters. The first-order valence-electron chi connectivity index (χ1n) is 5.18. The van der Waals surface area contributed by atoms with Crippen LogP contribution in [0.25, 0.3) is 0 Å². The smallest absolute Gasteiger partial charge is 0.254 e. The number of morpholine rings is 1. The SMILES string of the molecule is O=C(c1ccncc1)N1CCOC(CCl)C1. The van der Waals surface area contributed by atoms with Crippen molar-refractivity contribution in [3.05, 3.63) is 30.1 Å². The Kier molecular flexibility index (Phi) is 3.74. The fraction of sp³-hybridized carbons (Fsp3) is 0.455. The van der Waals surface area contributed by atoms with Gasteiger partial charge >= 0.3 is 0 Å². The van der Waals surface area contributed by atoms with Gasteiger partial charge in [0.25, 0.3) is 5.91 Å². The van der Waals surface area contributed by atoms with Crippen LogP contribution in [0.2, 0.25) is 0 Å².